The maximum absolute atomic E-state index is 12.9. The van der Waals surface area contributed by atoms with Gasteiger partial charge in [-0.3, -0.25) is 14.5 Å². The lowest BCUT2D eigenvalue weighted by molar-refractivity contribution is -0.118. The van der Waals surface area contributed by atoms with Crippen molar-refractivity contribution in [2.24, 2.45) is 0 Å². The van der Waals surface area contributed by atoms with E-state index in [1.165, 1.54) is 16.2 Å². The van der Waals surface area contributed by atoms with E-state index in [0.717, 1.165) is 0 Å². The monoisotopic (exact) mass is 582 g/mol. The zero-order valence-corrected chi connectivity index (χ0v) is 23.9. The number of hydrogen-bond donors (Lipinski definition) is 3. The highest BCUT2D eigenvalue weighted by atomic mass is 35.5. The summed E-state index contributed by atoms with van der Waals surface area (Å²) in [4.78, 5) is 51.6. The molecule has 206 valence electrons. The number of carbonyl (C=O) groups excluding carboxylic acids is 4. The predicted octanol–water partition coefficient (Wildman–Crippen LogP) is 4.74. The van der Waals surface area contributed by atoms with Gasteiger partial charge >= 0.3 is 12.2 Å². The summed E-state index contributed by atoms with van der Waals surface area (Å²) in [6, 6.07) is 9.20. The average Bonchev–Trinajstić information content (AvgIpc) is 3.44. The number of hydrogen-bond acceptors (Lipinski definition) is 8. The summed E-state index contributed by atoms with van der Waals surface area (Å²) < 4.78 is 11.2. The third-order valence-electron chi connectivity index (χ3n) is 5.23. The fourth-order valence-electron chi connectivity index (χ4n) is 3.48. The summed E-state index contributed by atoms with van der Waals surface area (Å²) in [5, 5.41) is 8.18. The Labute approximate surface area is 234 Å². The van der Waals surface area contributed by atoms with Crippen molar-refractivity contribution in [1.29, 1.82) is 0 Å². The van der Waals surface area contributed by atoms with Crippen LogP contribution in [0.5, 0.6) is 0 Å². The summed E-state index contributed by atoms with van der Waals surface area (Å²) in [7, 11) is 0. The third kappa shape index (κ3) is 8.81. The van der Waals surface area contributed by atoms with Crippen LogP contribution in [0.4, 0.5) is 21.0 Å². The average molecular weight is 583 g/mol. The van der Waals surface area contributed by atoms with Crippen LogP contribution in [0.1, 0.15) is 36.9 Å². The number of carbonyl (C=O) groups is 4. The first-order chi connectivity index (χ1) is 17.9. The first-order valence-corrected chi connectivity index (χ1v) is 14.4. The molecule has 2 aromatic rings. The van der Waals surface area contributed by atoms with E-state index >= 15 is 0 Å². The lowest BCUT2D eigenvalue weighted by Gasteiger charge is -2.23. The zero-order valence-electron chi connectivity index (χ0n) is 21.5. The number of ether oxygens (including phenoxy) is 2. The molecule has 3 rings (SSSR count). The molecule has 0 aliphatic carbocycles. The van der Waals surface area contributed by atoms with E-state index in [1.807, 2.05) is 6.26 Å². The highest BCUT2D eigenvalue weighted by molar-refractivity contribution is 7.98. The molecule has 0 radical (unpaired) electrons. The number of thiophene rings is 1. The fourth-order valence-corrected chi connectivity index (χ4v) is 4.91. The van der Waals surface area contributed by atoms with Gasteiger partial charge in [0.1, 0.15) is 17.7 Å². The summed E-state index contributed by atoms with van der Waals surface area (Å²) in [5.74, 6) is 0.0154. The topological polar surface area (TPSA) is 126 Å². The van der Waals surface area contributed by atoms with Gasteiger partial charge in [0.15, 0.2) is 0 Å². The molecule has 0 bridgehead atoms. The molecule has 38 heavy (non-hydrogen) atoms. The number of nitrogens with zero attached hydrogens (tertiary/aromatic N) is 1. The predicted molar refractivity (Wildman–Crippen MR) is 151 cm³/mol. The Hall–Kier alpha value is -2.96. The molecule has 3 N–H and O–H groups in total. The van der Waals surface area contributed by atoms with Crippen LogP contribution >= 0.6 is 34.7 Å². The first kappa shape index (κ1) is 29.6. The molecule has 1 aromatic heterocycles. The number of cyclic esters (lactones) is 1. The Morgan fingerprint density at radius 1 is 1.21 bits per heavy atom. The highest BCUT2D eigenvalue weighted by Gasteiger charge is 2.33. The van der Waals surface area contributed by atoms with Gasteiger partial charge in [0.05, 0.1) is 22.3 Å². The minimum Gasteiger partial charge on any atom is -0.444 e. The van der Waals surface area contributed by atoms with E-state index in [2.05, 4.69) is 16.0 Å². The van der Waals surface area contributed by atoms with E-state index in [-0.39, 0.29) is 24.9 Å². The van der Waals surface area contributed by atoms with Crippen molar-refractivity contribution in [2.45, 2.75) is 44.9 Å². The van der Waals surface area contributed by atoms with Crippen LogP contribution in [0.3, 0.4) is 0 Å². The summed E-state index contributed by atoms with van der Waals surface area (Å²) in [5.41, 5.74) is 0.405. The van der Waals surface area contributed by atoms with Crippen LogP contribution in [-0.4, -0.2) is 66.8 Å². The van der Waals surface area contributed by atoms with E-state index in [1.54, 1.807) is 68.9 Å². The summed E-state index contributed by atoms with van der Waals surface area (Å²) in [6.45, 7) is 5.67. The lowest BCUT2D eigenvalue weighted by atomic mass is 10.2. The summed E-state index contributed by atoms with van der Waals surface area (Å²) in [6.07, 6.45) is 0.646. The molecule has 13 heteroatoms. The molecule has 1 aliphatic heterocycles. The van der Waals surface area contributed by atoms with Gasteiger partial charge in [-0.05, 0) is 75.6 Å². The Balaban J connectivity index is 1.55. The third-order valence-corrected chi connectivity index (χ3v) is 7.10. The quantitative estimate of drug-likeness (QED) is 0.369. The van der Waals surface area contributed by atoms with E-state index < -0.39 is 29.9 Å². The molecule has 1 aromatic carbocycles. The number of rotatable bonds is 10. The van der Waals surface area contributed by atoms with E-state index in [4.69, 9.17) is 21.1 Å². The van der Waals surface area contributed by atoms with Crippen LogP contribution in [-0.2, 0) is 14.3 Å². The molecule has 0 unspecified atom stereocenters. The second kappa shape index (κ2) is 13.2. The molecular formula is C25H31ClN4O6S2. The van der Waals surface area contributed by atoms with Gasteiger partial charge in [-0.25, -0.2) is 9.59 Å². The van der Waals surface area contributed by atoms with Crippen molar-refractivity contribution in [3.05, 3.63) is 45.6 Å². The van der Waals surface area contributed by atoms with Crippen molar-refractivity contribution >= 4 is 70.1 Å². The smallest absolute Gasteiger partial charge is 0.414 e. The number of nitrogens with one attached hydrogen (secondary N) is 3. The molecule has 1 saturated heterocycles. The number of benzene rings is 1. The largest absolute Gasteiger partial charge is 0.444 e. The SMILES string of the molecule is CSCC[C@@H](NC(=O)OC(C)(C)C)C(=O)Nc1ccc(N2C[C@H](CNC(=O)c3ccc(Cl)s3)OC2=O)cc1. The van der Waals surface area contributed by atoms with E-state index in [0.29, 0.717) is 32.8 Å². The van der Waals surface area contributed by atoms with Crippen molar-refractivity contribution in [1.82, 2.24) is 10.6 Å². The fraction of sp³-hybridized carbons (Fsp3) is 0.440. The Kier molecular flexibility index (Phi) is 10.3. The zero-order chi connectivity index (χ0) is 27.9. The lowest BCUT2D eigenvalue weighted by Crippen LogP contribution is -2.46. The van der Waals surface area contributed by atoms with E-state index in [9.17, 15) is 19.2 Å². The highest BCUT2D eigenvalue weighted by Crippen LogP contribution is 2.24. The number of thioether (sulfide) groups is 1. The minimum atomic E-state index is -0.772. The van der Waals surface area contributed by atoms with Crippen LogP contribution < -0.4 is 20.9 Å². The van der Waals surface area contributed by atoms with Gasteiger partial charge in [0, 0.05) is 11.4 Å². The van der Waals surface area contributed by atoms with Crippen LogP contribution in [0.2, 0.25) is 4.34 Å². The van der Waals surface area contributed by atoms with Crippen molar-refractivity contribution in [3.8, 4) is 0 Å². The molecule has 2 heterocycles. The van der Waals surface area contributed by atoms with Gasteiger partial charge in [-0.1, -0.05) is 11.6 Å². The van der Waals surface area contributed by atoms with Gasteiger partial charge < -0.3 is 25.4 Å². The Morgan fingerprint density at radius 3 is 2.53 bits per heavy atom. The van der Waals surface area contributed by atoms with Crippen LogP contribution in [0.25, 0.3) is 0 Å². The number of amides is 4. The van der Waals surface area contributed by atoms with Gasteiger partial charge in [0.25, 0.3) is 5.91 Å². The maximum atomic E-state index is 12.9. The number of anilines is 2. The Bertz CT molecular complexity index is 1150. The van der Waals surface area contributed by atoms with Crippen molar-refractivity contribution in [2.75, 3.05) is 35.3 Å². The number of halogens is 1. The van der Waals surface area contributed by atoms with Gasteiger partial charge in [0.2, 0.25) is 5.91 Å². The second-order valence-corrected chi connectivity index (χ2v) is 12.1. The molecule has 0 spiro atoms. The minimum absolute atomic E-state index is 0.160. The summed E-state index contributed by atoms with van der Waals surface area (Å²) >= 11 is 8.60. The number of alkyl carbamates (subject to hydrolysis) is 1. The van der Waals surface area contributed by atoms with Crippen molar-refractivity contribution in [3.63, 3.8) is 0 Å². The molecule has 4 amide bonds. The molecule has 1 fully saturated rings. The molecule has 2 atom stereocenters. The van der Waals surface area contributed by atoms with Crippen LogP contribution in [0.15, 0.2) is 36.4 Å². The normalized spacial score (nSPS) is 16.0. The second-order valence-electron chi connectivity index (χ2n) is 9.45. The molecule has 1 aliphatic rings. The molecular weight excluding hydrogens is 552 g/mol. The molecule has 0 saturated carbocycles. The van der Waals surface area contributed by atoms with Crippen LogP contribution in [0, 0.1) is 0 Å². The first-order valence-electron chi connectivity index (χ1n) is 11.9. The standard InChI is InChI=1S/C25H31ClN4O6S2/c1-25(2,3)36-23(33)29-18(11-12-37-4)21(31)28-15-5-7-16(8-6-15)30-14-17(35-24(30)34)13-27-22(32)19-9-10-20(26)38-19/h5-10,17-18H,11-14H2,1-4H3,(H,27,32)(H,28,31)(H,29,33)/t17-,18+/m0/s1. The van der Waals surface area contributed by atoms with Gasteiger partial charge in [-0.15, -0.1) is 11.3 Å². The Morgan fingerprint density at radius 2 is 1.92 bits per heavy atom. The maximum Gasteiger partial charge on any atom is 0.414 e. The van der Waals surface area contributed by atoms with Crippen molar-refractivity contribution < 1.29 is 28.7 Å². The van der Waals surface area contributed by atoms with Gasteiger partial charge in [-0.2, -0.15) is 11.8 Å². The molecule has 10 nitrogen and oxygen atoms in total.